The molecule has 106 valence electrons. The van der Waals surface area contributed by atoms with Gasteiger partial charge in [0.25, 0.3) is 0 Å². The maximum atomic E-state index is 5.74. The molecular weight excluding hydrogens is 222 g/mol. The van der Waals surface area contributed by atoms with Gasteiger partial charge in [-0.2, -0.15) is 0 Å². The molecule has 0 amide bonds. The largest absolute Gasteiger partial charge is 0.378 e. The standard InChI is InChI=1S/C16H31NO/c1-2-10-16(11-4-3-5-13-17-16)12-6-8-15-9-7-14-18-15/h15,17H,2-14H2,1H3. The van der Waals surface area contributed by atoms with Gasteiger partial charge in [-0.05, 0) is 57.9 Å². The maximum Gasteiger partial charge on any atom is 0.0576 e. The van der Waals surface area contributed by atoms with Crippen molar-refractivity contribution >= 4 is 0 Å². The predicted octanol–water partition coefficient (Wildman–Crippen LogP) is 4.04. The van der Waals surface area contributed by atoms with Crippen LogP contribution in [0.4, 0.5) is 0 Å². The van der Waals surface area contributed by atoms with Crippen LogP contribution in [0.25, 0.3) is 0 Å². The predicted molar refractivity (Wildman–Crippen MR) is 76.9 cm³/mol. The first-order valence-electron chi connectivity index (χ1n) is 8.21. The molecule has 2 aliphatic heterocycles. The van der Waals surface area contributed by atoms with Crippen molar-refractivity contribution in [1.29, 1.82) is 0 Å². The van der Waals surface area contributed by atoms with Gasteiger partial charge >= 0.3 is 0 Å². The molecule has 0 aromatic heterocycles. The van der Waals surface area contributed by atoms with Crippen molar-refractivity contribution in [3.8, 4) is 0 Å². The van der Waals surface area contributed by atoms with Gasteiger partial charge in [-0.3, -0.25) is 0 Å². The lowest BCUT2D eigenvalue weighted by Gasteiger charge is -2.34. The highest BCUT2D eigenvalue weighted by atomic mass is 16.5. The highest BCUT2D eigenvalue weighted by Crippen LogP contribution is 2.30. The zero-order valence-corrected chi connectivity index (χ0v) is 12.2. The molecule has 2 nitrogen and oxygen atoms in total. The van der Waals surface area contributed by atoms with Gasteiger partial charge in [0.1, 0.15) is 0 Å². The van der Waals surface area contributed by atoms with E-state index in [1.54, 1.807) is 0 Å². The molecule has 2 aliphatic rings. The summed E-state index contributed by atoms with van der Waals surface area (Å²) < 4.78 is 5.74. The Kier molecular flexibility index (Phi) is 5.97. The first kappa shape index (κ1) is 14.3. The lowest BCUT2D eigenvalue weighted by Crippen LogP contribution is -2.44. The molecule has 0 aliphatic carbocycles. The van der Waals surface area contributed by atoms with Crippen LogP contribution in [-0.2, 0) is 4.74 Å². The lowest BCUT2D eigenvalue weighted by atomic mass is 9.83. The zero-order chi connectivity index (χ0) is 12.7. The lowest BCUT2D eigenvalue weighted by molar-refractivity contribution is 0.0984. The minimum absolute atomic E-state index is 0.462. The van der Waals surface area contributed by atoms with Crippen molar-refractivity contribution in [2.45, 2.75) is 89.2 Å². The highest BCUT2D eigenvalue weighted by molar-refractivity contribution is 4.89. The van der Waals surface area contributed by atoms with E-state index >= 15 is 0 Å². The quantitative estimate of drug-likeness (QED) is 0.771. The third-order valence-corrected chi connectivity index (χ3v) is 4.77. The summed E-state index contributed by atoms with van der Waals surface area (Å²) in [7, 11) is 0. The summed E-state index contributed by atoms with van der Waals surface area (Å²) in [5.41, 5.74) is 0.462. The van der Waals surface area contributed by atoms with Gasteiger partial charge in [-0.15, -0.1) is 0 Å². The Labute approximate surface area is 113 Å². The van der Waals surface area contributed by atoms with E-state index in [-0.39, 0.29) is 0 Å². The Morgan fingerprint density at radius 1 is 1.17 bits per heavy atom. The highest BCUT2D eigenvalue weighted by Gasteiger charge is 2.29. The van der Waals surface area contributed by atoms with Gasteiger partial charge in [-0.1, -0.05) is 26.2 Å². The maximum absolute atomic E-state index is 5.74. The van der Waals surface area contributed by atoms with Crippen molar-refractivity contribution in [3.05, 3.63) is 0 Å². The molecule has 0 spiro atoms. The average Bonchev–Trinajstić information content (AvgIpc) is 2.77. The Morgan fingerprint density at radius 3 is 2.89 bits per heavy atom. The Balaban J connectivity index is 1.76. The number of hydrogen-bond donors (Lipinski definition) is 1. The molecule has 18 heavy (non-hydrogen) atoms. The van der Waals surface area contributed by atoms with Gasteiger partial charge < -0.3 is 10.1 Å². The Hall–Kier alpha value is -0.0800. The molecule has 2 unspecified atom stereocenters. The summed E-state index contributed by atoms with van der Waals surface area (Å²) in [4.78, 5) is 0. The first-order valence-corrected chi connectivity index (χ1v) is 8.21. The molecule has 0 radical (unpaired) electrons. The second kappa shape index (κ2) is 7.49. The monoisotopic (exact) mass is 253 g/mol. The molecule has 2 heteroatoms. The topological polar surface area (TPSA) is 21.3 Å². The van der Waals surface area contributed by atoms with E-state index in [9.17, 15) is 0 Å². The summed E-state index contributed by atoms with van der Waals surface area (Å²) in [5.74, 6) is 0. The van der Waals surface area contributed by atoms with Gasteiger partial charge in [0.15, 0.2) is 0 Å². The van der Waals surface area contributed by atoms with Crippen LogP contribution in [0.1, 0.15) is 77.6 Å². The van der Waals surface area contributed by atoms with Gasteiger partial charge in [0.05, 0.1) is 6.10 Å². The van der Waals surface area contributed by atoms with E-state index in [1.807, 2.05) is 0 Å². The normalized spacial score (nSPS) is 33.5. The molecule has 0 aromatic carbocycles. The summed E-state index contributed by atoms with van der Waals surface area (Å²) in [6, 6.07) is 0. The van der Waals surface area contributed by atoms with Crippen molar-refractivity contribution in [2.75, 3.05) is 13.2 Å². The third kappa shape index (κ3) is 4.24. The van der Waals surface area contributed by atoms with Crippen molar-refractivity contribution < 1.29 is 4.74 Å². The minimum Gasteiger partial charge on any atom is -0.378 e. The zero-order valence-electron chi connectivity index (χ0n) is 12.2. The summed E-state index contributed by atoms with van der Waals surface area (Å²) in [6.07, 6.45) is 15.4. The van der Waals surface area contributed by atoms with Gasteiger partial charge in [0.2, 0.25) is 0 Å². The molecule has 1 N–H and O–H groups in total. The van der Waals surface area contributed by atoms with Crippen LogP contribution < -0.4 is 5.32 Å². The molecular formula is C16H31NO. The van der Waals surface area contributed by atoms with Crippen molar-refractivity contribution in [2.24, 2.45) is 0 Å². The third-order valence-electron chi connectivity index (χ3n) is 4.77. The van der Waals surface area contributed by atoms with E-state index in [4.69, 9.17) is 4.74 Å². The van der Waals surface area contributed by atoms with Gasteiger partial charge in [-0.25, -0.2) is 0 Å². The molecule has 2 atom stereocenters. The molecule has 2 rings (SSSR count). The van der Waals surface area contributed by atoms with Crippen molar-refractivity contribution in [3.63, 3.8) is 0 Å². The molecule has 2 fully saturated rings. The Bertz CT molecular complexity index is 215. The van der Waals surface area contributed by atoms with Gasteiger partial charge in [0, 0.05) is 12.1 Å². The van der Waals surface area contributed by atoms with Crippen LogP contribution in [0.15, 0.2) is 0 Å². The van der Waals surface area contributed by atoms with Crippen molar-refractivity contribution in [1.82, 2.24) is 5.32 Å². The molecule has 2 saturated heterocycles. The van der Waals surface area contributed by atoms with Crippen LogP contribution >= 0.6 is 0 Å². The molecule has 0 aromatic rings. The van der Waals surface area contributed by atoms with E-state index in [2.05, 4.69) is 12.2 Å². The van der Waals surface area contributed by atoms with Crippen LogP contribution in [0.2, 0.25) is 0 Å². The van der Waals surface area contributed by atoms with Crippen LogP contribution in [0, 0.1) is 0 Å². The fourth-order valence-electron chi connectivity index (χ4n) is 3.78. The van der Waals surface area contributed by atoms with Crippen LogP contribution in [0.3, 0.4) is 0 Å². The second-order valence-corrected chi connectivity index (χ2v) is 6.30. The van der Waals surface area contributed by atoms with E-state index < -0.39 is 0 Å². The smallest absolute Gasteiger partial charge is 0.0576 e. The fourth-order valence-corrected chi connectivity index (χ4v) is 3.78. The molecule has 0 bridgehead atoms. The number of hydrogen-bond acceptors (Lipinski definition) is 2. The number of nitrogens with one attached hydrogen (secondary N) is 1. The molecule has 0 saturated carbocycles. The second-order valence-electron chi connectivity index (χ2n) is 6.30. The Morgan fingerprint density at radius 2 is 2.11 bits per heavy atom. The SMILES string of the molecule is CCCC1(CCCC2CCCO2)CCCCCN1. The molecule has 2 heterocycles. The first-order chi connectivity index (χ1) is 8.85. The summed E-state index contributed by atoms with van der Waals surface area (Å²) in [6.45, 7) is 4.57. The van der Waals surface area contributed by atoms with E-state index in [0.717, 1.165) is 6.61 Å². The minimum atomic E-state index is 0.462. The average molecular weight is 253 g/mol. The van der Waals surface area contributed by atoms with Crippen LogP contribution in [-0.4, -0.2) is 24.8 Å². The number of rotatable bonds is 6. The fraction of sp³-hybridized carbons (Fsp3) is 1.00. The van der Waals surface area contributed by atoms with Crippen LogP contribution in [0.5, 0.6) is 0 Å². The van der Waals surface area contributed by atoms with E-state index in [0.29, 0.717) is 11.6 Å². The summed E-state index contributed by atoms with van der Waals surface area (Å²) >= 11 is 0. The summed E-state index contributed by atoms with van der Waals surface area (Å²) in [5, 5.41) is 3.88. The number of ether oxygens (including phenoxy) is 1. The van der Waals surface area contributed by atoms with E-state index in [1.165, 1.54) is 77.2 Å².